The second-order valence-electron chi connectivity index (χ2n) is 24.6. The molecular formula is C66H134N2O6P+. The first-order valence-electron chi connectivity index (χ1n) is 33.6. The Labute approximate surface area is 469 Å². The van der Waals surface area contributed by atoms with E-state index in [4.69, 9.17) is 9.05 Å². The SMILES string of the molecule is CCCCCCCCCCCCCCCCCC/C=C\CCCCCCCCCCCCCCCCCCCC(=O)NC(COP(=O)(O)OCC[N+](C)(C)C)C(O)CCCCCCCCCCCCCCCCCC. The van der Waals surface area contributed by atoms with Crippen molar-refractivity contribution in [2.24, 2.45) is 0 Å². The van der Waals surface area contributed by atoms with Gasteiger partial charge in [0.05, 0.1) is 39.9 Å². The molecular weight excluding hydrogens is 948 g/mol. The highest BCUT2D eigenvalue weighted by Crippen LogP contribution is 2.43. The van der Waals surface area contributed by atoms with Gasteiger partial charge in [0, 0.05) is 6.42 Å². The van der Waals surface area contributed by atoms with E-state index < -0.39 is 20.0 Å². The summed E-state index contributed by atoms with van der Waals surface area (Å²) in [5, 5.41) is 14.1. The molecule has 0 spiro atoms. The summed E-state index contributed by atoms with van der Waals surface area (Å²) in [7, 11) is 1.63. The Kier molecular flexibility index (Phi) is 57.3. The number of likely N-dealkylation sites (N-methyl/N-ethyl adjacent to an activating group) is 1. The summed E-state index contributed by atoms with van der Waals surface area (Å²) in [6, 6.07) is -0.757. The van der Waals surface area contributed by atoms with Gasteiger partial charge in [0.25, 0.3) is 0 Å². The first-order valence-corrected chi connectivity index (χ1v) is 35.0. The lowest BCUT2D eigenvalue weighted by molar-refractivity contribution is -0.870. The van der Waals surface area contributed by atoms with Crippen LogP contribution in [0.4, 0.5) is 0 Å². The predicted molar refractivity (Wildman–Crippen MR) is 328 cm³/mol. The maximum Gasteiger partial charge on any atom is 0.472 e. The number of phosphoric acid groups is 1. The number of amides is 1. The van der Waals surface area contributed by atoms with Crippen molar-refractivity contribution in [2.45, 2.75) is 366 Å². The minimum atomic E-state index is -4.32. The summed E-state index contributed by atoms with van der Waals surface area (Å²) >= 11 is 0. The van der Waals surface area contributed by atoms with E-state index in [2.05, 4.69) is 31.3 Å². The summed E-state index contributed by atoms with van der Waals surface area (Å²) in [5.74, 6) is -0.137. The molecule has 75 heavy (non-hydrogen) atoms. The molecule has 0 radical (unpaired) electrons. The van der Waals surface area contributed by atoms with Crippen molar-refractivity contribution < 1.29 is 32.9 Å². The van der Waals surface area contributed by atoms with E-state index in [1.165, 1.54) is 289 Å². The van der Waals surface area contributed by atoms with Crippen molar-refractivity contribution in [3.05, 3.63) is 12.2 Å². The lowest BCUT2D eigenvalue weighted by Crippen LogP contribution is -2.46. The number of aliphatic hydroxyl groups is 1. The van der Waals surface area contributed by atoms with Gasteiger partial charge in [0.1, 0.15) is 13.2 Å². The van der Waals surface area contributed by atoms with Crippen LogP contribution in [0.25, 0.3) is 0 Å². The minimum absolute atomic E-state index is 0.0780. The molecule has 3 unspecified atom stereocenters. The van der Waals surface area contributed by atoms with Crippen molar-refractivity contribution in [2.75, 3.05) is 40.9 Å². The number of nitrogens with one attached hydrogen (secondary N) is 1. The summed E-state index contributed by atoms with van der Waals surface area (Å²) in [4.78, 5) is 23.4. The third kappa shape index (κ3) is 60.7. The number of carbonyl (C=O) groups excluding carboxylic acids is 1. The zero-order chi connectivity index (χ0) is 54.9. The van der Waals surface area contributed by atoms with Gasteiger partial charge in [-0.2, -0.15) is 0 Å². The number of nitrogens with zero attached hydrogens (tertiary/aromatic N) is 1. The Bertz CT molecular complexity index is 1230. The molecule has 1 amide bonds. The van der Waals surface area contributed by atoms with Crippen LogP contribution in [0.15, 0.2) is 12.2 Å². The van der Waals surface area contributed by atoms with E-state index in [1.807, 2.05) is 21.1 Å². The number of quaternary nitrogens is 1. The number of carbonyl (C=O) groups is 1. The van der Waals surface area contributed by atoms with Crippen LogP contribution in [0.3, 0.4) is 0 Å². The van der Waals surface area contributed by atoms with E-state index in [1.54, 1.807) is 0 Å². The lowest BCUT2D eigenvalue weighted by Gasteiger charge is -2.26. The molecule has 3 atom stereocenters. The van der Waals surface area contributed by atoms with Crippen LogP contribution in [-0.2, 0) is 18.4 Å². The fraction of sp³-hybridized carbons (Fsp3) is 0.955. The largest absolute Gasteiger partial charge is 0.472 e. The fourth-order valence-electron chi connectivity index (χ4n) is 10.5. The molecule has 0 rings (SSSR count). The van der Waals surface area contributed by atoms with Crippen LogP contribution in [0.5, 0.6) is 0 Å². The summed E-state index contributed by atoms with van der Waals surface area (Å²) in [6.07, 6.45) is 73.2. The Hall–Kier alpha value is -0.760. The molecule has 0 saturated carbocycles. The minimum Gasteiger partial charge on any atom is -0.391 e. The fourth-order valence-corrected chi connectivity index (χ4v) is 11.3. The van der Waals surface area contributed by atoms with Crippen LogP contribution < -0.4 is 5.32 Å². The number of hydrogen-bond donors (Lipinski definition) is 3. The average Bonchev–Trinajstić information content (AvgIpc) is 3.37. The number of hydrogen-bond acceptors (Lipinski definition) is 5. The topological polar surface area (TPSA) is 105 Å². The van der Waals surface area contributed by atoms with Crippen molar-refractivity contribution in [3.63, 3.8) is 0 Å². The molecule has 448 valence electrons. The van der Waals surface area contributed by atoms with E-state index in [0.717, 1.165) is 38.5 Å². The van der Waals surface area contributed by atoms with Crippen LogP contribution in [0.1, 0.15) is 354 Å². The molecule has 0 aromatic heterocycles. The summed E-state index contributed by atoms with van der Waals surface area (Å²) in [6.45, 7) is 4.94. The molecule has 0 aliphatic rings. The second kappa shape index (κ2) is 57.9. The number of allylic oxidation sites excluding steroid dienone is 2. The van der Waals surface area contributed by atoms with Gasteiger partial charge < -0.3 is 19.8 Å². The molecule has 8 nitrogen and oxygen atoms in total. The zero-order valence-electron chi connectivity index (χ0n) is 51.3. The number of phosphoric ester groups is 1. The summed E-state index contributed by atoms with van der Waals surface area (Å²) < 4.78 is 23.8. The molecule has 0 saturated heterocycles. The van der Waals surface area contributed by atoms with E-state index in [0.29, 0.717) is 23.9 Å². The molecule has 0 bridgehead atoms. The smallest absolute Gasteiger partial charge is 0.391 e. The number of rotatable bonds is 63. The van der Waals surface area contributed by atoms with E-state index in [9.17, 15) is 19.4 Å². The average molecular weight is 1080 g/mol. The number of unbranched alkanes of at least 4 members (excludes halogenated alkanes) is 48. The van der Waals surface area contributed by atoms with Gasteiger partial charge in [0.2, 0.25) is 5.91 Å². The third-order valence-electron chi connectivity index (χ3n) is 15.8. The van der Waals surface area contributed by atoms with Crippen molar-refractivity contribution in [3.8, 4) is 0 Å². The van der Waals surface area contributed by atoms with Crippen LogP contribution in [0, 0.1) is 0 Å². The van der Waals surface area contributed by atoms with E-state index in [-0.39, 0.29) is 19.1 Å². The maximum atomic E-state index is 13.0. The quantitative estimate of drug-likeness (QED) is 0.0243. The molecule has 0 heterocycles. The maximum absolute atomic E-state index is 13.0. The predicted octanol–water partition coefficient (Wildman–Crippen LogP) is 20.9. The highest BCUT2D eigenvalue weighted by Gasteiger charge is 2.28. The second-order valence-corrected chi connectivity index (χ2v) is 26.0. The van der Waals surface area contributed by atoms with Gasteiger partial charge in [0.15, 0.2) is 0 Å². The molecule has 9 heteroatoms. The molecule has 0 aromatic rings. The van der Waals surface area contributed by atoms with Gasteiger partial charge in [-0.15, -0.1) is 0 Å². The zero-order valence-corrected chi connectivity index (χ0v) is 52.2. The van der Waals surface area contributed by atoms with Gasteiger partial charge in [-0.3, -0.25) is 13.8 Å². The summed E-state index contributed by atoms with van der Waals surface area (Å²) in [5.41, 5.74) is 0. The highest BCUT2D eigenvalue weighted by molar-refractivity contribution is 7.47. The van der Waals surface area contributed by atoms with Crippen LogP contribution in [-0.4, -0.2) is 73.4 Å². The molecule has 0 fully saturated rings. The molecule has 3 N–H and O–H groups in total. The van der Waals surface area contributed by atoms with Gasteiger partial charge in [-0.25, -0.2) is 4.57 Å². The third-order valence-corrected chi connectivity index (χ3v) is 16.7. The van der Waals surface area contributed by atoms with Crippen LogP contribution in [0.2, 0.25) is 0 Å². The molecule has 0 aliphatic carbocycles. The van der Waals surface area contributed by atoms with Gasteiger partial charge >= 0.3 is 7.82 Å². The van der Waals surface area contributed by atoms with E-state index >= 15 is 0 Å². The monoisotopic (exact) mass is 1080 g/mol. The Morgan fingerprint density at radius 2 is 0.720 bits per heavy atom. The van der Waals surface area contributed by atoms with Crippen molar-refractivity contribution in [1.82, 2.24) is 5.32 Å². The van der Waals surface area contributed by atoms with Crippen molar-refractivity contribution in [1.29, 1.82) is 0 Å². The molecule has 0 aromatic carbocycles. The normalized spacial score (nSPS) is 13.7. The lowest BCUT2D eigenvalue weighted by atomic mass is 10.0. The molecule has 0 aliphatic heterocycles. The Balaban J connectivity index is 3.89. The highest BCUT2D eigenvalue weighted by atomic mass is 31.2. The van der Waals surface area contributed by atoms with Crippen molar-refractivity contribution >= 4 is 13.7 Å². The first kappa shape index (κ1) is 74.2. The van der Waals surface area contributed by atoms with Gasteiger partial charge in [-0.05, 0) is 38.5 Å². The van der Waals surface area contributed by atoms with Crippen LogP contribution >= 0.6 is 7.82 Å². The number of aliphatic hydroxyl groups excluding tert-OH is 1. The Morgan fingerprint density at radius 3 is 1.03 bits per heavy atom. The standard InChI is InChI=1S/C66H133N2O6P/c1-6-8-10-12-14-16-18-20-22-24-25-26-27-28-29-30-31-32-33-34-35-36-37-38-39-40-41-42-43-44-46-48-50-52-54-56-58-60-66(70)67-64(63-74-75(71,72)73-62-61-68(3,4)5)65(69)59-57-55-53-51-49-47-45-23-21-19-17-15-13-11-9-7-2/h32-33,64-65,69H,6-31,34-63H2,1-5H3,(H-,67,70,71,72)/p+1/b33-32-. The Morgan fingerprint density at radius 1 is 0.440 bits per heavy atom. The first-order chi connectivity index (χ1) is 36.5. The van der Waals surface area contributed by atoms with Gasteiger partial charge in [-0.1, -0.05) is 321 Å².